The van der Waals surface area contributed by atoms with Gasteiger partial charge in [0.1, 0.15) is 23.8 Å². The van der Waals surface area contributed by atoms with Crippen LogP contribution in [0.1, 0.15) is 35.1 Å². The molecule has 0 fully saturated rings. The summed E-state index contributed by atoms with van der Waals surface area (Å²) in [6.07, 6.45) is -0.552. The van der Waals surface area contributed by atoms with Crippen molar-refractivity contribution in [2.75, 3.05) is 6.61 Å². The second-order valence-corrected chi connectivity index (χ2v) is 7.78. The summed E-state index contributed by atoms with van der Waals surface area (Å²) in [5, 5.41) is 9.98. The zero-order valence-corrected chi connectivity index (χ0v) is 18.8. The number of hydrogen-bond donors (Lipinski definition) is 1. The lowest BCUT2D eigenvalue weighted by atomic mass is 9.97. The van der Waals surface area contributed by atoms with Crippen molar-refractivity contribution in [1.82, 2.24) is 4.98 Å². The Morgan fingerprint density at radius 2 is 1.90 bits per heavy atom. The smallest absolute Gasteiger partial charge is 0.333 e. The van der Waals surface area contributed by atoms with Crippen LogP contribution in [0.25, 0.3) is 11.5 Å². The predicted molar refractivity (Wildman–Crippen MR) is 119 cm³/mol. The summed E-state index contributed by atoms with van der Waals surface area (Å²) in [4.78, 5) is 16.0. The SMILES string of the molecule is CCOC(Cc1c(C)cc(OCc2nc(-c3cccc(Cl)c3)oc2C)cc1C)C(=O)O. The molecule has 1 heterocycles. The number of aryl methyl sites for hydroxylation is 3. The first kappa shape index (κ1) is 22.8. The number of ether oxygens (including phenoxy) is 2. The summed E-state index contributed by atoms with van der Waals surface area (Å²) in [6, 6.07) is 11.1. The van der Waals surface area contributed by atoms with Crippen LogP contribution < -0.4 is 4.74 Å². The topological polar surface area (TPSA) is 81.8 Å². The van der Waals surface area contributed by atoms with E-state index in [0.717, 1.165) is 22.3 Å². The Hall–Kier alpha value is -2.83. The Kier molecular flexibility index (Phi) is 7.36. The van der Waals surface area contributed by atoms with Crippen LogP contribution in [-0.2, 0) is 22.6 Å². The van der Waals surface area contributed by atoms with Gasteiger partial charge >= 0.3 is 5.97 Å². The maximum absolute atomic E-state index is 11.4. The van der Waals surface area contributed by atoms with Crippen LogP contribution in [0.2, 0.25) is 5.02 Å². The minimum absolute atomic E-state index is 0.255. The third-order valence-electron chi connectivity index (χ3n) is 5.04. The molecule has 0 aliphatic rings. The number of aromatic nitrogens is 1. The van der Waals surface area contributed by atoms with Gasteiger partial charge in [-0.25, -0.2) is 9.78 Å². The van der Waals surface area contributed by atoms with Crippen molar-refractivity contribution >= 4 is 17.6 Å². The van der Waals surface area contributed by atoms with Crippen LogP contribution in [0, 0.1) is 20.8 Å². The van der Waals surface area contributed by atoms with Crippen LogP contribution in [-0.4, -0.2) is 28.8 Å². The number of oxazole rings is 1. The highest BCUT2D eigenvalue weighted by molar-refractivity contribution is 6.30. The standard InChI is InChI=1S/C24H26ClNO5/c1-5-29-22(24(27)28)12-20-14(2)9-19(10-15(20)3)30-13-21-16(4)31-23(26-21)17-7-6-8-18(25)11-17/h6-11,22H,5,12-13H2,1-4H3,(H,27,28). The van der Waals surface area contributed by atoms with Crippen molar-refractivity contribution in [3.05, 3.63) is 69.6 Å². The molecule has 0 aliphatic heterocycles. The molecule has 1 aromatic heterocycles. The van der Waals surface area contributed by atoms with Gasteiger partial charge in [-0.05, 0) is 74.7 Å². The number of rotatable bonds is 9. The van der Waals surface area contributed by atoms with Gasteiger partial charge in [0.15, 0.2) is 6.10 Å². The third kappa shape index (κ3) is 5.66. The van der Waals surface area contributed by atoms with Crippen LogP contribution >= 0.6 is 11.6 Å². The Morgan fingerprint density at radius 3 is 2.52 bits per heavy atom. The molecule has 0 saturated carbocycles. The van der Waals surface area contributed by atoms with E-state index in [0.29, 0.717) is 41.1 Å². The molecule has 1 unspecified atom stereocenters. The minimum Gasteiger partial charge on any atom is -0.487 e. The Labute approximate surface area is 186 Å². The summed E-state index contributed by atoms with van der Waals surface area (Å²) in [5.41, 5.74) is 4.38. The molecule has 6 nitrogen and oxygen atoms in total. The molecule has 1 N–H and O–H groups in total. The molecule has 0 spiro atoms. The van der Waals surface area contributed by atoms with Crippen molar-refractivity contribution in [3.8, 4) is 17.2 Å². The van der Waals surface area contributed by atoms with E-state index in [9.17, 15) is 9.90 Å². The molecular weight excluding hydrogens is 418 g/mol. The van der Waals surface area contributed by atoms with Crippen molar-refractivity contribution in [1.29, 1.82) is 0 Å². The first-order chi connectivity index (χ1) is 14.8. The highest BCUT2D eigenvalue weighted by atomic mass is 35.5. The summed E-state index contributed by atoms with van der Waals surface area (Å²) < 4.78 is 17.1. The molecule has 31 heavy (non-hydrogen) atoms. The fraction of sp³-hybridized carbons (Fsp3) is 0.333. The number of carboxylic acids is 1. The van der Waals surface area contributed by atoms with Crippen molar-refractivity contribution in [2.24, 2.45) is 0 Å². The van der Waals surface area contributed by atoms with Gasteiger partial charge in [-0.2, -0.15) is 0 Å². The minimum atomic E-state index is -0.960. The maximum Gasteiger partial charge on any atom is 0.333 e. The molecule has 0 saturated heterocycles. The second-order valence-electron chi connectivity index (χ2n) is 7.34. The largest absolute Gasteiger partial charge is 0.487 e. The first-order valence-electron chi connectivity index (χ1n) is 10.1. The van der Waals surface area contributed by atoms with Crippen LogP contribution in [0.3, 0.4) is 0 Å². The van der Waals surface area contributed by atoms with E-state index in [4.69, 9.17) is 25.5 Å². The second kappa shape index (κ2) is 9.98. The van der Waals surface area contributed by atoms with E-state index in [-0.39, 0.29) is 6.61 Å². The number of hydrogen-bond acceptors (Lipinski definition) is 5. The van der Waals surface area contributed by atoms with Crippen LogP contribution in [0.5, 0.6) is 5.75 Å². The number of carboxylic acid groups (broad SMARTS) is 1. The molecule has 0 aliphatic carbocycles. The predicted octanol–water partition coefficient (Wildman–Crippen LogP) is 5.53. The lowest BCUT2D eigenvalue weighted by Crippen LogP contribution is -2.27. The molecule has 0 amide bonds. The van der Waals surface area contributed by atoms with Crippen molar-refractivity contribution < 1.29 is 23.8 Å². The van der Waals surface area contributed by atoms with E-state index in [1.165, 1.54) is 0 Å². The van der Waals surface area contributed by atoms with Crippen LogP contribution in [0.15, 0.2) is 40.8 Å². The molecule has 3 aromatic rings. The van der Waals surface area contributed by atoms with Crippen molar-refractivity contribution in [3.63, 3.8) is 0 Å². The number of carbonyl (C=O) groups is 1. The van der Waals surface area contributed by atoms with Gasteiger partial charge < -0.3 is 19.0 Å². The zero-order chi connectivity index (χ0) is 22.5. The van der Waals surface area contributed by atoms with Gasteiger partial charge in [0, 0.05) is 23.6 Å². The average Bonchev–Trinajstić information content (AvgIpc) is 3.09. The summed E-state index contributed by atoms with van der Waals surface area (Å²) >= 11 is 6.06. The molecule has 7 heteroatoms. The Morgan fingerprint density at radius 1 is 1.19 bits per heavy atom. The molecule has 1 atom stereocenters. The fourth-order valence-electron chi connectivity index (χ4n) is 3.42. The van der Waals surface area contributed by atoms with Gasteiger partial charge in [0.05, 0.1) is 0 Å². The Bertz CT molecular complexity index is 1050. The molecule has 0 radical (unpaired) electrons. The summed E-state index contributed by atoms with van der Waals surface area (Å²) in [6.45, 7) is 8.13. The van der Waals surface area contributed by atoms with Crippen LogP contribution in [0.4, 0.5) is 0 Å². The lowest BCUT2D eigenvalue weighted by molar-refractivity contribution is -0.149. The zero-order valence-electron chi connectivity index (χ0n) is 18.1. The molecule has 0 bridgehead atoms. The van der Waals surface area contributed by atoms with E-state index in [2.05, 4.69) is 4.98 Å². The Balaban J connectivity index is 1.73. The normalized spacial score (nSPS) is 12.0. The van der Waals surface area contributed by atoms with E-state index < -0.39 is 12.1 Å². The molecule has 3 rings (SSSR count). The van der Waals surface area contributed by atoms with E-state index in [1.54, 1.807) is 19.1 Å². The summed E-state index contributed by atoms with van der Waals surface area (Å²) in [5.74, 6) is 0.907. The monoisotopic (exact) mass is 443 g/mol. The number of aliphatic carboxylic acids is 1. The van der Waals surface area contributed by atoms with Gasteiger partial charge in [0.25, 0.3) is 0 Å². The van der Waals surface area contributed by atoms with Crippen molar-refractivity contribution in [2.45, 2.75) is 46.8 Å². The fourth-order valence-corrected chi connectivity index (χ4v) is 3.61. The van der Waals surface area contributed by atoms with Gasteiger partial charge in [-0.1, -0.05) is 17.7 Å². The highest BCUT2D eigenvalue weighted by Crippen LogP contribution is 2.27. The summed E-state index contributed by atoms with van der Waals surface area (Å²) in [7, 11) is 0. The average molecular weight is 444 g/mol. The number of halogens is 1. The highest BCUT2D eigenvalue weighted by Gasteiger charge is 2.21. The first-order valence-corrected chi connectivity index (χ1v) is 10.5. The number of benzene rings is 2. The molecule has 164 valence electrons. The third-order valence-corrected chi connectivity index (χ3v) is 5.28. The quantitative estimate of drug-likeness (QED) is 0.468. The van der Waals surface area contributed by atoms with Gasteiger partial charge in [0.2, 0.25) is 5.89 Å². The lowest BCUT2D eigenvalue weighted by Gasteiger charge is -2.17. The van der Waals surface area contributed by atoms with E-state index in [1.807, 2.05) is 45.0 Å². The van der Waals surface area contributed by atoms with Gasteiger partial charge in [-0.3, -0.25) is 0 Å². The maximum atomic E-state index is 11.4. The number of nitrogens with zero attached hydrogens (tertiary/aromatic N) is 1. The van der Waals surface area contributed by atoms with E-state index >= 15 is 0 Å². The molecule has 2 aromatic carbocycles. The van der Waals surface area contributed by atoms with Gasteiger partial charge in [-0.15, -0.1) is 0 Å². The molecular formula is C24H26ClNO5.